The van der Waals surface area contributed by atoms with Gasteiger partial charge in [-0.1, -0.05) is 37.7 Å². The van der Waals surface area contributed by atoms with Crippen LogP contribution in [0.3, 0.4) is 0 Å². The lowest BCUT2D eigenvalue weighted by Gasteiger charge is -2.12. The number of hydrogen-bond acceptors (Lipinski definition) is 8. The van der Waals surface area contributed by atoms with E-state index in [1.54, 1.807) is 33.5 Å². The van der Waals surface area contributed by atoms with Gasteiger partial charge < -0.3 is 18.6 Å². The summed E-state index contributed by atoms with van der Waals surface area (Å²) in [5.41, 5.74) is 3.59. The van der Waals surface area contributed by atoms with Crippen LogP contribution in [0.15, 0.2) is 40.0 Å². The molecule has 0 saturated heterocycles. The Kier molecular flexibility index (Phi) is 7.57. The predicted molar refractivity (Wildman–Crippen MR) is 120 cm³/mol. The average molecular weight is 443 g/mol. The number of benzene rings is 2. The zero-order chi connectivity index (χ0) is 22.4. The van der Waals surface area contributed by atoms with E-state index in [1.807, 2.05) is 19.1 Å². The molecule has 8 heteroatoms. The number of ether oxygens (including phenoxy) is 3. The summed E-state index contributed by atoms with van der Waals surface area (Å²) >= 11 is 1.22. The number of carbonyl (C=O) groups excluding carboxylic acids is 1. The van der Waals surface area contributed by atoms with Gasteiger partial charge in [-0.3, -0.25) is 4.79 Å². The fourth-order valence-corrected chi connectivity index (χ4v) is 3.85. The summed E-state index contributed by atoms with van der Waals surface area (Å²) in [6, 6.07) is 9.56. The van der Waals surface area contributed by atoms with Crippen LogP contribution >= 0.6 is 11.8 Å². The molecule has 0 unspecified atom stereocenters. The molecule has 0 bridgehead atoms. The SMILES string of the molecule is CCc1ccc(CC)c(C(=O)CSc2nnc(-c3cc(OC)c(OC)c(OC)c3)o2)c1. The van der Waals surface area contributed by atoms with Crippen molar-refractivity contribution in [3.05, 3.63) is 47.0 Å². The quantitative estimate of drug-likeness (QED) is 0.325. The smallest absolute Gasteiger partial charge is 0.277 e. The average Bonchev–Trinajstić information content (AvgIpc) is 3.30. The maximum Gasteiger partial charge on any atom is 0.277 e. The van der Waals surface area contributed by atoms with Gasteiger partial charge in [-0.15, -0.1) is 10.2 Å². The molecule has 0 aliphatic heterocycles. The Morgan fingerprint density at radius 3 is 2.26 bits per heavy atom. The molecular weight excluding hydrogens is 416 g/mol. The highest BCUT2D eigenvalue weighted by molar-refractivity contribution is 7.99. The molecule has 3 aromatic rings. The first kappa shape index (κ1) is 22.7. The molecule has 3 rings (SSSR count). The highest BCUT2D eigenvalue weighted by atomic mass is 32.2. The third-order valence-corrected chi connectivity index (χ3v) is 5.73. The number of methoxy groups -OCH3 is 3. The Morgan fingerprint density at radius 2 is 1.68 bits per heavy atom. The zero-order valence-corrected chi connectivity index (χ0v) is 19.2. The molecule has 0 spiro atoms. The Balaban J connectivity index is 1.77. The summed E-state index contributed by atoms with van der Waals surface area (Å²) < 4.78 is 21.8. The zero-order valence-electron chi connectivity index (χ0n) is 18.4. The minimum atomic E-state index is 0.0460. The van der Waals surface area contributed by atoms with E-state index in [9.17, 15) is 4.79 Å². The molecule has 164 valence electrons. The van der Waals surface area contributed by atoms with Crippen molar-refractivity contribution in [1.29, 1.82) is 0 Å². The van der Waals surface area contributed by atoms with Crippen LogP contribution in [0.2, 0.25) is 0 Å². The Morgan fingerprint density at radius 1 is 0.968 bits per heavy atom. The number of rotatable bonds is 10. The lowest BCUT2D eigenvalue weighted by molar-refractivity contribution is 0.102. The summed E-state index contributed by atoms with van der Waals surface area (Å²) in [6.45, 7) is 4.12. The van der Waals surface area contributed by atoms with Crippen LogP contribution in [0.25, 0.3) is 11.5 Å². The van der Waals surface area contributed by atoms with Crippen LogP contribution in [-0.2, 0) is 12.8 Å². The largest absolute Gasteiger partial charge is 0.493 e. The standard InChI is InChI=1S/C23H26N2O5S/c1-6-14-8-9-15(7-2)17(10-14)18(26)13-31-23-25-24-22(30-23)16-11-19(27-3)21(29-5)20(12-16)28-4/h8-12H,6-7,13H2,1-5H3. The monoisotopic (exact) mass is 442 g/mol. The van der Waals surface area contributed by atoms with Gasteiger partial charge in [0.1, 0.15) is 0 Å². The second kappa shape index (κ2) is 10.3. The van der Waals surface area contributed by atoms with Crippen molar-refractivity contribution >= 4 is 17.5 Å². The second-order valence-corrected chi connectivity index (χ2v) is 7.62. The van der Waals surface area contributed by atoms with Gasteiger partial charge in [0.05, 0.1) is 27.1 Å². The van der Waals surface area contributed by atoms with E-state index in [4.69, 9.17) is 18.6 Å². The number of ketones is 1. The first-order valence-corrected chi connectivity index (χ1v) is 10.9. The summed E-state index contributed by atoms with van der Waals surface area (Å²) in [5, 5.41) is 8.49. The van der Waals surface area contributed by atoms with Gasteiger partial charge in [-0.05, 0) is 42.2 Å². The molecule has 0 radical (unpaired) electrons. The van der Waals surface area contributed by atoms with E-state index in [1.165, 1.54) is 11.8 Å². The first-order valence-electron chi connectivity index (χ1n) is 9.96. The van der Waals surface area contributed by atoms with Crippen LogP contribution in [0.5, 0.6) is 17.2 Å². The summed E-state index contributed by atoms with van der Waals surface area (Å²) in [7, 11) is 4.62. The maximum atomic E-state index is 12.8. The van der Waals surface area contributed by atoms with E-state index in [-0.39, 0.29) is 11.5 Å². The molecule has 2 aromatic carbocycles. The normalized spacial score (nSPS) is 10.7. The molecular formula is C23H26N2O5S. The van der Waals surface area contributed by atoms with Crippen molar-refractivity contribution in [3.8, 4) is 28.7 Å². The topological polar surface area (TPSA) is 83.7 Å². The number of hydrogen-bond donors (Lipinski definition) is 0. The number of thioether (sulfide) groups is 1. The second-order valence-electron chi connectivity index (χ2n) is 6.70. The van der Waals surface area contributed by atoms with Crippen molar-refractivity contribution in [2.24, 2.45) is 0 Å². The van der Waals surface area contributed by atoms with Gasteiger partial charge in [-0.25, -0.2) is 0 Å². The number of Topliss-reactive ketones (excluding diaryl/α,β-unsaturated/α-hetero) is 1. The van der Waals surface area contributed by atoms with Crippen LogP contribution < -0.4 is 14.2 Å². The number of aromatic nitrogens is 2. The third-order valence-electron chi connectivity index (χ3n) is 4.91. The summed E-state index contributed by atoms with van der Waals surface area (Å²) in [4.78, 5) is 12.8. The van der Waals surface area contributed by atoms with E-state index in [0.717, 1.165) is 29.5 Å². The summed E-state index contributed by atoms with van der Waals surface area (Å²) in [5.74, 6) is 2.03. The van der Waals surface area contributed by atoms with Gasteiger partial charge in [0.15, 0.2) is 17.3 Å². The van der Waals surface area contributed by atoms with Crippen molar-refractivity contribution in [2.45, 2.75) is 31.9 Å². The van der Waals surface area contributed by atoms with Crippen molar-refractivity contribution < 1.29 is 23.4 Å². The van der Waals surface area contributed by atoms with Crippen molar-refractivity contribution in [2.75, 3.05) is 27.1 Å². The van der Waals surface area contributed by atoms with Gasteiger partial charge in [0.2, 0.25) is 11.6 Å². The van der Waals surface area contributed by atoms with Crippen LogP contribution in [0.4, 0.5) is 0 Å². The van der Waals surface area contributed by atoms with Crippen LogP contribution in [0, 0.1) is 0 Å². The molecule has 0 amide bonds. The molecule has 0 atom stereocenters. The highest BCUT2D eigenvalue weighted by Gasteiger charge is 2.19. The van der Waals surface area contributed by atoms with E-state index < -0.39 is 0 Å². The number of carbonyl (C=O) groups is 1. The van der Waals surface area contributed by atoms with Gasteiger partial charge in [0.25, 0.3) is 5.22 Å². The summed E-state index contributed by atoms with van der Waals surface area (Å²) in [6.07, 6.45) is 1.70. The fourth-order valence-electron chi connectivity index (χ4n) is 3.21. The molecule has 7 nitrogen and oxygen atoms in total. The molecule has 31 heavy (non-hydrogen) atoms. The van der Waals surface area contributed by atoms with Crippen LogP contribution in [0.1, 0.15) is 35.3 Å². The fraction of sp³-hybridized carbons (Fsp3) is 0.348. The van der Waals surface area contributed by atoms with Gasteiger partial charge in [0, 0.05) is 11.1 Å². The Labute approximate surface area is 186 Å². The Bertz CT molecular complexity index is 1040. The Hall–Kier alpha value is -3.00. The van der Waals surface area contributed by atoms with Crippen molar-refractivity contribution in [3.63, 3.8) is 0 Å². The molecule has 0 aliphatic carbocycles. The minimum absolute atomic E-state index is 0.0460. The minimum Gasteiger partial charge on any atom is -0.493 e. The van der Waals surface area contributed by atoms with Gasteiger partial charge >= 0.3 is 0 Å². The predicted octanol–water partition coefficient (Wildman–Crippen LogP) is 4.86. The van der Waals surface area contributed by atoms with Gasteiger partial charge in [-0.2, -0.15) is 0 Å². The van der Waals surface area contributed by atoms with E-state index in [0.29, 0.717) is 33.9 Å². The van der Waals surface area contributed by atoms with E-state index >= 15 is 0 Å². The lowest BCUT2D eigenvalue weighted by Crippen LogP contribution is -2.07. The van der Waals surface area contributed by atoms with E-state index in [2.05, 4.69) is 23.2 Å². The molecule has 1 aromatic heterocycles. The first-order chi connectivity index (χ1) is 15.0. The molecule has 0 fully saturated rings. The maximum absolute atomic E-state index is 12.8. The molecule has 0 N–H and O–H groups in total. The third kappa shape index (κ3) is 5.02. The molecule has 1 heterocycles. The molecule has 0 aliphatic rings. The van der Waals surface area contributed by atoms with Crippen LogP contribution in [-0.4, -0.2) is 43.1 Å². The number of aryl methyl sites for hydroxylation is 2. The van der Waals surface area contributed by atoms with Crippen molar-refractivity contribution in [1.82, 2.24) is 10.2 Å². The lowest BCUT2D eigenvalue weighted by atomic mass is 9.98. The number of nitrogens with zero attached hydrogens (tertiary/aromatic N) is 2. The highest BCUT2D eigenvalue weighted by Crippen LogP contribution is 2.41. The molecule has 0 saturated carbocycles.